The zero-order valence-electron chi connectivity index (χ0n) is 17.2. The SMILES string of the molecule is CC(c1nc2ccccc2c(=O)n1-c1ccc(F)c(Cl)c1)N(C)C(=O)c1cccc(F)c1. The highest BCUT2D eigenvalue weighted by Crippen LogP contribution is 2.25. The maximum absolute atomic E-state index is 13.8. The quantitative estimate of drug-likeness (QED) is 0.429. The summed E-state index contributed by atoms with van der Waals surface area (Å²) in [5.74, 6) is -1.34. The Hall–Kier alpha value is -3.58. The normalized spacial score (nSPS) is 12.0. The molecule has 0 saturated heterocycles. The van der Waals surface area contributed by atoms with Crippen molar-refractivity contribution in [3.05, 3.63) is 105 Å². The number of benzene rings is 3. The maximum Gasteiger partial charge on any atom is 0.266 e. The molecule has 162 valence electrons. The van der Waals surface area contributed by atoms with Crippen LogP contribution in [0.4, 0.5) is 8.78 Å². The molecular formula is C24H18ClF2N3O2. The van der Waals surface area contributed by atoms with Crippen LogP contribution in [-0.2, 0) is 0 Å². The number of nitrogens with zero attached hydrogens (tertiary/aromatic N) is 3. The Morgan fingerprint density at radius 1 is 1.06 bits per heavy atom. The zero-order valence-corrected chi connectivity index (χ0v) is 18.0. The van der Waals surface area contributed by atoms with Gasteiger partial charge in [0.15, 0.2) is 0 Å². The molecule has 0 fully saturated rings. The zero-order chi connectivity index (χ0) is 23.0. The summed E-state index contributed by atoms with van der Waals surface area (Å²) in [7, 11) is 1.54. The van der Waals surface area contributed by atoms with Gasteiger partial charge in [0.05, 0.1) is 27.7 Å². The van der Waals surface area contributed by atoms with Crippen molar-refractivity contribution in [2.75, 3.05) is 7.05 Å². The number of amides is 1. The van der Waals surface area contributed by atoms with Crippen LogP contribution in [0.1, 0.15) is 29.1 Å². The molecule has 1 atom stereocenters. The van der Waals surface area contributed by atoms with Gasteiger partial charge in [0, 0.05) is 12.6 Å². The molecule has 0 radical (unpaired) electrons. The first-order chi connectivity index (χ1) is 15.3. The number of carbonyl (C=O) groups excluding carboxylic acids is 1. The monoisotopic (exact) mass is 453 g/mol. The molecule has 32 heavy (non-hydrogen) atoms. The van der Waals surface area contributed by atoms with E-state index >= 15 is 0 Å². The summed E-state index contributed by atoms with van der Waals surface area (Å²) in [5, 5.41) is 0.216. The van der Waals surface area contributed by atoms with Crippen molar-refractivity contribution in [3.63, 3.8) is 0 Å². The van der Waals surface area contributed by atoms with E-state index in [1.807, 2.05) is 0 Å². The number of hydrogen-bond acceptors (Lipinski definition) is 3. The first kappa shape index (κ1) is 21.6. The fourth-order valence-electron chi connectivity index (χ4n) is 3.48. The molecule has 0 N–H and O–H groups in total. The van der Waals surface area contributed by atoms with Crippen molar-refractivity contribution in [1.29, 1.82) is 0 Å². The molecule has 5 nitrogen and oxygen atoms in total. The second kappa shape index (κ2) is 8.51. The molecule has 1 heterocycles. The van der Waals surface area contributed by atoms with Crippen LogP contribution >= 0.6 is 11.6 Å². The lowest BCUT2D eigenvalue weighted by Crippen LogP contribution is -2.35. The van der Waals surface area contributed by atoms with E-state index in [9.17, 15) is 18.4 Å². The second-order valence-electron chi connectivity index (χ2n) is 7.33. The predicted octanol–water partition coefficient (Wildman–Crippen LogP) is 5.15. The van der Waals surface area contributed by atoms with E-state index < -0.39 is 23.6 Å². The van der Waals surface area contributed by atoms with Crippen LogP contribution in [-0.4, -0.2) is 27.4 Å². The molecule has 0 spiro atoms. The highest BCUT2D eigenvalue weighted by Gasteiger charge is 2.25. The van der Waals surface area contributed by atoms with Crippen LogP contribution in [0.2, 0.25) is 5.02 Å². The Labute approximate surface area is 187 Å². The number of para-hydroxylation sites is 1. The molecule has 0 aliphatic rings. The average molecular weight is 454 g/mol. The minimum atomic E-state index is -0.688. The van der Waals surface area contributed by atoms with Gasteiger partial charge < -0.3 is 4.90 Å². The van der Waals surface area contributed by atoms with Crippen LogP contribution in [0.3, 0.4) is 0 Å². The van der Waals surface area contributed by atoms with E-state index in [4.69, 9.17) is 11.6 Å². The van der Waals surface area contributed by atoms with Crippen molar-refractivity contribution in [2.45, 2.75) is 13.0 Å². The molecule has 8 heteroatoms. The third-order valence-electron chi connectivity index (χ3n) is 5.31. The van der Waals surface area contributed by atoms with E-state index in [0.29, 0.717) is 16.6 Å². The largest absolute Gasteiger partial charge is 0.332 e. The molecular weight excluding hydrogens is 436 g/mol. The molecule has 1 unspecified atom stereocenters. The first-order valence-corrected chi connectivity index (χ1v) is 10.2. The van der Waals surface area contributed by atoms with Crippen molar-refractivity contribution in [1.82, 2.24) is 14.5 Å². The minimum absolute atomic E-state index is 0.148. The van der Waals surface area contributed by atoms with E-state index in [2.05, 4.69) is 4.98 Å². The number of rotatable bonds is 4. The van der Waals surface area contributed by atoms with E-state index in [0.717, 1.165) is 12.1 Å². The van der Waals surface area contributed by atoms with Gasteiger partial charge in [-0.15, -0.1) is 0 Å². The topological polar surface area (TPSA) is 55.2 Å². The fourth-order valence-corrected chi connectivity index (χ4v) is 3.65. The van der Waals surface area contributed by atoms with Gasteiger partial charge in [0.2, 0.25) is 0 Å². The van der Waals surface area contributed by atoms with Crippen molar-refractivity contribution < 1.29 is 13.6 Å². The lowest BCUT2D eigenvalue weighted by atomic mass is 10.1. The Balaban J connectivity index is 1.89. The molecule has 0 aliphatic heterocycles. The molecule has 4 aromatic rings. The number of carbonyl (C=O) groups is 1. The summed E-state index contributed by atoms with van der Waals surface area (Å²) in [6.45, 7) is 1.70. The fraction of sp³-hybridized carbons (Fsp3) is 0.125. The number of fused-ring (bicyclic) bond motifs is 1. The van der Waals surface area contributed by atoms with E-state index in [1.165, 1.54) is 39.8 Å². The third kappa shape index (κ3) is 3.87. The summed E-state index contributed by atoms with van der Waals surface area (Å²) in [4.78, 5) is 32.4. The molecule has 0 aliphatic carbocycles. The van der Waals surface area contributed by atoms with Crippen molar-refractivity contribution >= 4 is 28.4 Å². The molecule has 1 amide bonds. The Morgan fingerprint density at radius 3 is 2.53 bits per heavy atom. The average Bonchev–Trinajstić information content (AvgIpc) is 2.79. The standard InChI is InChI=1S/C24H18ClF2N3O2/c1-14(29(2)23(31)15-6-5-7-16(26)12-15)22-28-21-9-4-3-8-18(21)24(32)30(22)17-10-11-20(27)19(25)13-17/h3-14H,1-2H3. The molecule has 0 saturated carbocycles. The van der Waals surface area contributed by atoms with Crippen LogP contribution in [0.15, 0.2) is 71.5 Å². The van der Waals surface area contributed by atoms with E-state index in [-0.39, 0.29) is 22.0 Å². The smallest absolute Gasteiger partial charge is 0.266 e. The number of hydrogen-bond donors (Lipinski definition) is 0. The Morgan fingerprint density at radius 2 is 1.81 bits per heavy atom. The third-order valence-corrected chi connectivity index (χ3v) is 5.60. The molecule has 3 aromatic carbocycles. The predicted molar refractivity (Wildman–Crippen MR) is 119 cm³/mol. The van der Waals surface area contributed by atoms with Gasteiger partial charge in [0.25, 0.3) is 11.5 Å². The minimum Gasteiger partial charge on any atom is -0.332 e. The Bertz CT molecular complexity index is 1400. The molecule has 4 rings (SSSR count). The Kier molecular flexibility index (Phi) is 5.76. The number of aromatic nitrogens is 2. The van der Waals surface area contributed by atoms with Gasteiger partial charge in [-0.3, -0.25) is 14.2 Å². The van der Waals surface area contributed by atoms with Gasteiger partial charge in [-0.1, -0.05) is 29.8 Å². The van der Waals surface area contributed by atoms with Crippen LogP contribution in [0, 0.1) is 11.6 Å². The molecule has 0 bridgehead atoms. The van der Waals surface area contributed by atoms with Gasteiger partial charge in [0.1, 0.15) is 17.5 Å². The van der Waals surface area contributed by atoms with Gasteiger partial charge in [-0.2, -0.15) is 0 Å². The summed E-state index contributed by atoms with van der Waals surface area (Å²) in [5.41, 5.74) is 0.550. The van der Waals surface area contributed by atoms with Gasteiger partial charge in [-0.25, -0.2) is 13.8 Å². The summed E-state index contributed by atoms with van der Waals surface area (Å²) >= 11 is 5.96. The lowest BCUT2D eigenvalue weighted by molar-refractivity contribution is 0.0734. The number of halogens is 3. The van der Waals surface area contributed by atoms with E-state index in [1.54, 1.807) is 38.2 Å². The van der Waals surface area contributed by atoms with Crippen LogP contribution in [0.25, 0.3) is 16.6 Å². The highest BCUT2D eigenvalue weighted by atomic mass is 35.5. The van der Waals surface area contributed by atoms with Gasteiger partial charge in [-0.05, 0) is 55.5 Å². The summed E-state index contributed by atoms with van der Waals surface area (Å²) in [6, 6.07) is 15.4. The molecule has 1 aromatic heterocycles. The second-order valence-corrected chi connectivity index (χ2v) is 7.74. The van der Waals surface area contributed by atoms with Crippen molar-refractivity contribution in [2.24, 2.45) is 0 Å². The van der Waals surface area contributed by atoms with Crippen LogP contribution < -0.4 is 5.56 Å². The summed E-state index contributed by atoms with van der Waals surface area (Å²) in [6.07, 6.45) is 0. The summed E-state index contributed by atoms with van der Waals surface area (Å²) < 4.78 is 28.7. The van der Waals surface area contributed by atoms with Crippen LogP contribution in [0.5, 0.6) is 0 Å². The van der Waals surface area contributed by atoms with Crippen molar-refractivity contribution in [3.8, 4) is 5.69 Å². The first-order valence-electron chi connectivity index (χ1n) is 9.78. The lowest BCUT2D eigenvalue weighted by Gasteiger charge is -2.27. The maximum atomic E-state index is 13.8. The highest BCUT2D eigenvalue weighted by molar-refractivity contribution is 6.30. The van der Waals surface area contributed by atoms with Gasteiger partial charge >= 0.3 is 0 Å².